The van der Waals surface area contributed by atoms with E-state index in [0.717, 1.165) is 0 Å². The number of anilines is 1. The molecule has 0 fully saturated rings. The van der Waals surface area contributed by atoms with Crippen molar-refractivity contribution < 1.29 is 8.78 Å². The summed E-state index contributed by atoms with van der Waals surface area (Å²) >= 11 is 11.9. The van der Waals surface area contributed by atoms with Crippen molar-refractivity contribution in [1.82, 2.24) is 4.98 Å². The summed E-state index contributed by atoms with van der Waals surface area (Å²) in [6.07, 6.45) is -2.63. The number of hydrogen-bond donors (Lipinski definition) is 1. The van der Waals surface area contributed by atoms with Crippen molar-refractivity contribution in [3.05, 3.63) is 33.9 Å². The fourth-order valence-electron chi connectivity index (χ4n) is 1.75. The summed E-state index contributed by atoms with van der Waals surface area (Å²) in [5, 5.41) is 4.37. The first-order chi connectivity index (χ1) is 8.52. The number of alkyl halides is 2. The molecule has 2 rings (SSSR count). The minimum atomic E-state index is -2.63. The molecule has 0 spiro atoms. The van der Waals surface area contributed by atoms with Crippen molar-refractivity contribution in [1.29, 1.82) is 0 Å². The van der Waals surface area contributed by atoms with Gasteiger partial charge in [0.25, 0.3) is 6.43 Å². The van der Waals surface area contributed by atoms with Crippen molar-refractivity contribution >= 4 is 39.8 Å². The van der Waals surface area contributed by atoms with Gasteiger partial charge < -0.3 is 5.32 Å². The Morgan fingerprint density at radius 3 is 2.61 bits per heavy atom. The molecule has 0 amide bonds. The number of pyridine rings is 1. The Bertz CT molecular complexity index is 588. The van der Waals surface area contributed by atoms with E-state index in [-0.39, 0.29) is 5.69 Å². The third-order valence-corrected chi connectivity index (χ3v) is 2.95. The van der Waals surface area contributed by atoms with Crippen LogP contribution in [0.4, 0.5) is 14.5 Å². The Balaban J connectivity index is 2.76. The minimum Gasteiger partial charge on any atom is -0.385 e. The van der Waals surface area contributed by atoms with Crippen LogP contribution in [-0.2, 0) is 0 Å². The van der Waals surface area contributed by atoms with Crippen LogP contribution in [-0.4, -0.2) is 11.5 Å². The molecule has 6 heteroatoms. The van der Waals surface area contributed by atoms with Crippen molar-refractivity contribution in [3.8, 4) is 0 Å². The highest BCUT2D eigenvalue weighted by Gasteiger charge is 2.15. The van der Waals surface area contributed by atoms with Crippen LogP contribution in [0.1, 0.15) is 19.0 Å². The van der Waals surface area contributed by atoms with Crippen LogP contribution in [0.5, 0.6) is 0 Å². The van der Waals surface area contributed by atoms with Crippen molar-refractivity contribution in [2.75, 3.05) is 11.9 Å². The Morgan fingerprint density at radius 1 is 1.28 bits per heavy atom. The van der Waals surface area contributed by atoms with Gasteiger partial charge in [-0.1, -0.05) is 23.2 Å². The fourth-order valence-corrected chi connectivity index (χ4v) is 2.33. The van der Waals surface area contributed by atoms with Gasteiger partial charge in [-0.25, -0.2) is 13.8 Å². The smallest absolute Gasteiger partial charge is 0.280 e. The maximum absolute atomic E-state index is 12.8. The molecule has 0 bridgehead atoms. The lowest BCUT2D eigenvalue weighted by Gasteiger charge is -2.12. The minimum absolute atomic E-state index is 0.295. The maximum Gasteiger partial charge on any atom is 0.280 e. The molecule has 96 valence electrons. The van der Waals surface area contributed by atoms with Crippen LogP contribution in [0.3, 0.4) is 0 Å². The van der Waals surface area contributed by atoms with Gasteiger partial charge in [-0.3, -0.25) is 0 Å². The first-order valence-electron chi connectivity index (χ1n) is 5.34. The SMILES string of the molecule is CCNc1cc(C(F)F)nc2cc(Cl)cc(Cl)c12. The maximum atomic E-state index is 12.8. The number of halogens is 4. The number of benzene rings is 1. The molecule has 0 unspecified atom stereocenters. The van der Waals surface area contributed by atoms with Gasteiger partial charge in [-0.2, -0.15) is 0 Å². The van der Waals surface area contributed by atoms with Crippen LogP contribution in [0.25, 0.3) is 10.9 Å². The average molecular weight is 291 g/mol. The summed E-state index contributed by atoms with van der Waals surface area (Å²) < 4.78 is 25.5. The van der Waals surface area contributed by atoms with E-state index in [0.29, 0.717) is 33.2 Å². The highest BCUT2D eigenvalue weighted by atomic mass is 35.5. The zero-order chi connectivity index (χ0) is 13.3. The van der Waals surface area contributed by atoms with Gasteiger partial charge in [0.15, 0.2) is 0 Å². The number of nitrogens with zero attached hydrogens (tertiary/aromatic N) is 1. The van der Waals surface area contributed by atoms with E-state index < -0.39 is 6.43 Å². The Labute approximate surface area is 113 Å². The fraction of sp³-hybridized carbons (Fsp3) is 0.250. The highest BCUT2D eigenvalue weighted by Crippen LogP contribution is 2.34. The van der Waals surface area contributed by atoms with Crippen LogP contribution < -0.4 is 5.32 Å². The molecule has 0 atom stereocenters. The van der Waals surface area contributed by atoms with Crippen molar-refractivity contribution in [2.45, 2.75) is 13.3 Å². The van der Waals surface area contributed by atoms with E-state index in [1.807, 2.05) is 6.92 Å². The second kappa shape index (κ2) is 5.24. The summed E-state index contributed by atoms with van der Waals surface area (Å²) in [5.41, 5.74) is 0.609. The van der Waals surface area contributed by atoms with E-state index in [1.165, 1.54) is 12.1 Å². The first kappa shape index (κ1) is 13.3. The molecule has 0 aliphatic rings. The van der Waals surface area contributed by atoms with Crippen LogP contribution in [0.2, 0.25) is 10.0 Å². The van der Waals surface area contributed by atoms with Crippen LogP contribution in [0, 0.1) is 0 Å². The Morgan fingerprint density at radius 2 is 2.00 bits per heavy atom. The topological polar surface area (TPSA) is 24.9 Å². The van der Waals surface area contributed by atoms with Gasteiger partial charge in [-0.05, 0) is 25.1 Å². The molecule has 2 aromatic rings. The molecular formula is C12H10Cl2F2N2. The van der Waals surface area contributed by atoms with Gasteiger partial charge >= 0.3 is 0 Å². The van der Waals surface area contributed by atoms with Crippen LogP contribution in [0.15, 0.2) is 18.2 Å². The van der Waals surface area contributed by atoms with Crippen molar-refractivity contribution in [3.63, 3.8) is 0 Å². The monoisotopic (exact) mass is 290 g/mol. The lowest BCUT2D eigenvalue weighted by Crippen LogP contribution is -2.01. The molecule has 0 saturated carbocycles. The summed E-state index contributed by atoms with van der Waals surface area (Å²) in [6, 6.07) is 4.40. The van der Waals surface area contributed by atoms with Crippen LogP contribution >= 0.6 is 23.2 Å². The standard InChI is InChI=1S/C12H10Cl2F2N2/c1-2-17-8-5-10(12(15)16)18-9-4-6(13)3-7(14)11(8)9/h3-5,12H,2H2,1H3,(H,17,18). The molecule has 0 radical (unpaired) electrons. The van der Waals surface area contributed by atoms with Gasteiger partial charge in [0.05, 0.1) is 10.5 Å². The summed E-state index contributed by atoms with van der Waals surface area (Å²) in [4.78, 5) is 3.88. The molecule has 1 aromatic heterocycles. The van der Waals surface area contributed by atoms with Gasteiger partial charge in [0.1, 0.15) is 5.69 Å². The Kier molecular flexibility index (Phi) is 3.88. The number of fused-ring (bicyclic) bond motifs is 1. The largest absolute Gasteiger partial charge is 0.385 e. The van der Waals surface area contributed by atoms with Crippen molar-refractivity contribution in [2.24, 2.45) is 0 Å². The second-order valence-electron chi connectivity index (χ2n) is 3.71. The number of aromatic nitrogens is 1. The zero-order valence-corrected chi connectivity index (χ0v) is 11.0. The lowest BCUT2D eigenvalue weighted by atomic mass is 10.1. The van der Waals surface area contributed by atoms with E-state index in [2.05, 4.69) is 10.3 Å². The van der Waals surface area contributed by atoms with Gasteiger partial charge in [0.2, 0.25) is 0 Å². The molecule has 1 heterocycles. The summed E-state index contributed by atoms with van der Waals surface area (Å²) in [5.74, 6) is 0. The molecule has 0 aliphatic carbocycles. The number of hydrogen-bond acceptors (Lipinski definition) is 2. The van der Waals surface area contributed by atoms with Gasteiger partial charge in [0, 0.05) is 22.6 Å². The zero-order valence-electron chi connectivity index (χ0n) is 9.48. The number of rotatable bonds is 3. The van der Waals surface area contributed by atoms with E-state index in [1.54, 1.807) is 6.07 Å². The normalized spacial score (nSPS) is 11.2. The predicted octanol–water partition coefficient (Wildman–Crippen LogP) is 4.91. The molecule has 2 nitrogen and oxygen atoms in total. The predicted molar refractivity (Wildman–Crippen MR) is 70.9 cm³/mol. The second-order valence-corrected chi connectivity index (χ2v) is 4.55. The number of nitrogens with one attached hydrogen (secondary N) is 1. The van der Waals surface area contributed by atoms with Gasteiger partial charge in [-0.15, -0.1) is 0 Å². The molecule has 18 heavy (non-hydrogen) atoms. The third-order valence-electron chi connectivity index (χ3n) is 2.44. The molecule has 0 saturated heterocycles. The third kappa shape index (κ3) is 2.49. The summed E-state index contributed by atoms with van der Waals surface area (Å²) in [6.45, 7) is 2.47. The lowest BCUT2D eigenvalue weighted by molar-refractivity contribution is 0.146. The van der Waals surface area contributed by atoms with E-state index in [4.69, 9.17) is 23.2 Å². The molecular weight excluding hydrogens is 281 g/mol. The summed E-state index contributed by atoms with van der Waals surface area (Å²) in [7, 11) is 0. The Hall–Kier alpha value is -1.13. The average Bonchev–Trinajstić information content (AvgIpc) is 2.27. The molecule has 0 aliphatic heterocycles. The quantitative estimate of drug-likeness (QED) is 0.869. The first-order valence-corrected chi connectivity index (χ1v) is 6.10. The van der Waals surface area contributed by atoms with E-state index >= 15 is 0 Å². The highest BCUT2D eigenvalue weighted by molar-refractivity contribution is 6.39. The molecule has 1 N–H and O–H groups in total. The van der Waals surface area contributed by atoms with E-state index in [9.17, 15) is 8.78 Å². The molecule has 1 aromatic carbocycles.